The number of benzene rings is 1. The van der Waals surface area contributed by atoms with Crippen LogP contribution >= 0.6 is 11.8 Å². The van der Waals surface area contributed by atoms with Crippen molar-refractivity contribution in [2.75, 3.05) is 0 Å². The quantitative estimate of drug-likeness (QED) is 0.873. The summed E-state index contributed by atoms with van der Waals surface area (Å²) < 4.78 is 13.8. The average molecular weight is 266 g/mol. The summed E-state index contributed by atoms with van der Waals surface area (Å²) in [5, 5.41) is 10.4. The lowest BCUT2D eigenvalue weighted by atomic mass is 10.2. The van der Waals surface area contributed by atoms with Gasteiger partial charge in [-0.1, -0.05) is 19.9 Å². The maximum atomic E-state index is 13.8. The number of aromatic amines is 1. The summed E-state index contributed by atoms with van der Waals surface area (Å²) in [4.78, 5) is 4.88. The molecule has 2 rings (SSSR count). The Morgan fingerprint density at radius 1 is 1.44 bits per heavy atom. The largest absolute Gasteiger partial charge is 0.310 e. The van der Waals surface area contributed by atoms with Gasteiger partial charge in [0.1, 0.15) is 12.1 Å². The van der Waals surface area contributed by atoms with Crippen LogP contribution in [0.3, 0.4) is 0 Å². The monoisotopic (exact) mass is 266 g/mol. The Hall–Kier alpha value is -1.40. The van der Waals surface area contributed by atoms with E-state index in [0.717, 1.165) is 4.90 Å². The van der Waals surface area contributed by atoms with Crippen LogP contribution in [0.25, 0.3) is 0 Å². The molecule has 0 bridgehead atoms. The molecule has 0 unspecified atom stereocenters. The zero-order valence-electron chi connectivity index (χ0n) is 10.3. The lowest BCUT2D eigenvalue weighted by Crippen LogP contribution is -2.22. The van der Waals surface area contributed by atoms with Crippen molar-refractivity contribution in [2.24, 2.45) is 0 Å². The third-order valence-electron chi connectivity index (χ3n) is 2.36. The maximum absolute atomic E-state index is 13.8. The number of aromatic nitrogens is 3. The van der Waals surface area contributed by atoms with Crippen molar-refractivity contribution in [1.29, 1.82) is 0 Å². The Morgan fingerprint density at radius 3 is 2.94 bits per heavy atom. The minimum atomic E-state index is -0.201. The van der Waals surface area contributed by atoms with Crippen molar-refractivity contribution >= 4 is 11.8 Å². The molecule has 2 N–H and O–H groups in total. The van der Waals surface area contributed by atoms with E-state index >= 15 is 0 Å². The Morgan fingerprint density at radius 2 is 2.28 bits per heavy atom. The zero-order chi connectivity index (χ0) is 13.0. The van der Waals surface area contributed by atoms with Gasteiger partial charge in [0.2, 0.25) is 0 Å². The van der Waals surface area contributed by atoms with E-state index in [1.165, 1.54) is 24.2 Å². The first kappa shape index (κ1) is 13.0. The fraction of sp³-hybridized carbons (Fsp3) is 0.333. The van der Waals surface area contributed by atoms with E-state index in [1.807, 2.05) is 19.9 Å². The van der Waals surface area contributed by atoms with Crippen molar-refractivity contribution in [3.05, 3.63) is 35.9 Å². The molecule has 0 aliphatic carbocycles. The third-order valence-corrected chi connectivity index (χ3v) is 3.35. The molecule has 96 valence electrons. The highest BCUT2D eigenvalue weighted by molar-refractivity contribution is 7.99. The van der Waals surface area contributed by atoms with Gasteiger partial charge in [0, 0.05) is 23.0 Å². The van der Waals surface area contributed by atoms with Crippen molar-refractivity contribution in [1.82, 2.24) is 20.5 Å². The molecule has 0 radical (unpaired) electrons. The lowest BCUT2D eigenvalue weighted by Gasteiger charge is -2.12. The average Bonchev–Trinajstić information content (AvgIpc) is 2.81. The molecule has 2 aromatic rings. The SMILES string of the molecule is CC(C)NCc1c(F)cccc1Sc1ncn[nH]1. The molecule has 0 aliphatic heterocycles. The molecule has 1 heterocycles. The molecule has 0 atom stereocenters. The Labute approximate surface area is 109 Å². The lowest BCUT2D eigenvalue weighted by molar-refractivity contribution is 0.546. The molecule has 0 fully saturated rings. The number of nitrogens with one attached hydrogen (secondary N) is 2. The van der Waals surface area contributed by atoms with Gasteiger partial charge in [-0.3, -0.25) is 5.10 Å². The highest BCUT2D eigenvalue weighted by Crippen LogP contribution is 2.29. The van der Waals surface area contributed by atoms with Gasteiger partial charge in [-0.2, -0.15) is 5.10 Å². The van der Waals surface area contributed by atoms with Crippen LogP contribution in [0.1, 0.15) is 19.4 Å². The van der Waals surface area contributed by atoms with Gasteiger partial charge in [-0.15, -0.1) is 0 Å². The van der Waals surface area contributed by atoms with Gasteiger partial charge in [0.25, 0.3) is 0 Å². The van der Waals surface area contributed by atoms with Gasteiger partial charge in [-0.25, -0.2) is 9.37 Å². The molecule has 1 aromatic carbocycles. The molecule has 18 heavy (non-hydrogen) atoms. The second kappa shape index (κ2) is 5.97. The molecule has 1 aromatic heterocycles. The van der Waals surface area contributed by atoms with Crippen LogP contribution in [0.2, 0.25) is 0 Å². The molecule has 0 spiro atoms. The van der Waals surface area contributed by atoms with Gasteiger partial charge < -0.3 is 5.32 Å². The number of hydrogen-bond donors (Lipinski definition) is 2. The summed E-state index contributed by atoms with van der Waals surface area (Å²) >= 11 is 1.38. The van der Waals surface area contributed by atoms with E-state index < -0.39 is 0 Å². The summed E-state index contributed by atoms with van der Waals surface area (Å²) in [7, 11) is 0. The summed E-state index contributed by atoms with van der Waals surface area (Å²) in [6, 6.07) is 5.37. The summed E-state index contributed by atoms with van der Waals surface area (Å²) in [6.07, 6.45) is 1.44. The van der Waals surface area contributed by atoms with Gasteiger partial charge in [0.15, 0.2) is 5.16 Å². The molecule has 0 amide bonds. The first-order valence-electron chi connectivity index (χ1n) is 5.71. The highest BCUT2D eigenvalue weighted by atomic mass is 32.2. The topological polar surface area (TPSA) is 53.6 Å². The molecule has 0 aliphatic rings. The molecular formula is C12H15FN4S. The minimum Gasteiger partial charge on any atom is -0.310 e. The predicted molar refractivity (Wildman–Crippen MR) is 68.9 cm³/mol. The van der Waals surface area contributed by atoms with E-state index in [9.17, 15) is 4.39 Å². The highest BCUT2D eigenvalue weighted by Gasteiger charge is 2.11. The van der Waals surface area contributed by atoms with Crippen molar-refractivity contribution < 1.29 is 4.39 Å². The van der Waals surface area contributed by atoms with Crippen LogP contribution in [0.4, 0.5) is 4.39 Å². The summed E-state index contributed by atoms with van der Waals surface area (Å²) in [5.74, 6) is -0.201. The third kappa shape index (κ3) is 3.30. The van der Waals surface area contributed by atoms with Crippen LogP contribution in [0.5, 0.6) is 0 Å². The Balaban J connectivity index is 2.20. The van der Waals surface area contributed by atoms with Crippen LogP contribution in [0, 0.1) is 5.82 Å². The second-order valence-corrected chi connectivity index (χ2v) is 5.18. The summed E-state index contributed by atoms with van der Waals surface area (Å²) in [5.41, 5.74) is 0.660. The molecule has 4 nitrogen and oxygen atoms in total. The van der Waals surface area contributed by atoms with Crippen LogP contribution < -0.4 is 5.32 Å². The first-order chi connectivity index (χ1) is 8.66. The maximum Gasteiger partial charge on any atom is 0.188 e. The van der Waals surface area contributed by atoms with Crippen LogP contribution in [0.15, 0.2) is 34.6 Å². The Kier molecular flexibility index (Phi) is 4.33. The van der Waals surface area contributed by atoms with Gasteiger partial charge in [-0.05, 0) is 23.9 Å². The molecule has 6 heteroatoms. The van der Waals surface area contributed by atoms with Gasteiger partial charge in [0.05, 0.1) is 0 Å². The van der Waals surface area contributed by atoms with Crippen LogP contribution in [-0.4, -0.2) is 21.2 Å². The van der Waals surface area contributed by atoms with Crippen molar-refractivity contribution in [3.63, 3.8) is 0 Å². The number of hydrogen-bond acceptors (Lipinski definition) is 4. The van der Waals surface area contributed by atoms with E-state index in [2.05, 4.69) is 20.5 Å². The number of nitrogens with zero attached hydrogens (tertiary/aromatic N) is 2. The molecular weight excluding hydrogens is 251 g/mol. The van der Waals surface area contributed by atoms with E-state index in [4.69, 9.17) is 0 Å². The predicted octanol–water partition coefficient (Wildman–Crippen LogP) is 2.59. The van der Waals surface area contributed by atoms with Gasteiger partial charge >= 0.3 is 0 Å². The zero-order valence-corrected chi connectivity index (χ0v) is 11.1. The van der Waals surface area contributed by atoms with Crippen molar-refractivity contribution in [2.45, 2.75) is 36.5 Å². The smallest absolute Gasteiger partial charge is 0.188 e. The van der Waals surface area contributed by atoms with Crippen molar-refractivity contribution in [3.8, 4) is 0 Å². The summed E-state index contributed by atoms with van der Waals surface area (Å²) in [6.45, 7) is 4.56. The molecule has 0 saturated heterocycles. The van der Waals surface area contributed by atoms with Crippen LogP contribution in [-0.2, 0) is 6.54 Å². The van der Waals surface area contributed by atoms with E-state index in [1.54, 1.807) is 6.07 Å². The molecule has 0 saturated carbocycles. The Bertz CT molecular complexity index is 499. The minimum absolute atomic E-state index is 0.201. The van der Waals surface area contributed by atoms with E-state index in [0.29, 0.717) is 23.3 Å². The number of halogens is 1. The number of H-pyrrole nitrogens is 1. The fourth-order valence-electron chi connectivity index (χ4n) is 1.46. The standard InChI is InChI=1S/C12H15FN4S/c1-8(2)14-6-9-10(13)4-3-5-11(9)18-12-15-7-16-17-12/h3-5,7-8,14H,6H2,1-2H3,(H,15,16,17). The fourth-order valence-corrected chi connectivity index (χ4v) is 2.31. The van der Waals surface area contributed by atoms with E-state index in [-0.39, 0.29) is 5.82 Å². The first-order valence-corrected chi connectivity index (χ1v) is 6.52. The second-order valence-electron chi connectivity index (χ2n) is 4.14. The normalized spacial score (nSPS) is 11.1. The number of rotatable bonds is 5.